The van der Waals surface area contributed by atoms with E-state index >= 15 is 0 Å². The van der Waals surface area contributed by atoms with Crippen molar-refractivity contribution in [2.45, 2.75) is 51.2 Å². The topological polar surface area (TPSA) is 20.2 Å². The summed E-state index contributed by atoms with van der Waals surface area (Å²) < 4.78 is 37.3. The second-order valence-corrected chi connectivity index (χ2v) is 10.8. The van der Waals surface area contributed by atoms with E-state index in [4.69, 9.17) is 0 Å². The van der Waals surface area contributed by atoms with E-state index in [1.54, 1.807) is 0 Å². The second kappa shape index (κ2) is 7.14. The smallest absolute Gasteiger partial charge is 0.388 e. The lowest BCUT2D eigenvalue weighted by atomic mass is 10.0. The molecule has 116 valence electrons. The van der Waals surface area contributed by atoms with E-state index in [1.807, 2.05) is 0 Å². The molecule has 0 amide bonds. The van der Waals surface area contributed by atoms with Crippen LogP contribution in [0.1, 0.15) is 36.5 Å². The maximum Gasteiger partial charge on any atom is 0.416 e. The molecule has 5 heteroatoms. The molecule has 1 aromatic carbocycles. The van der Waals surface area contributed by atoms with Crippen LogP contribution in [0, 0.1) is 11.5 Å². The van der Waals surface area contributed by atoms with Gasteiger partial charge in [0.2, 0.25) is 0 Å². The minimum atomic E-state index is -4.34. The Morgan fingerprint density at radius 1 is 1.14 bits per heavy atom. The first kappa shape index (κ1) is 17.8. The van der Waals surface area contributed by atoms with E-state index < -0.39 is 25.9 Å². The van der Waals surface area contributed by atoms with Crippen LogP contribution in [0.4, 0.5) is 13.2 Å². The SMILES string of the molecule is C[Si](C)(C)C#CCCCC(O)c1ccc(C(F)(F)F)cc1. The number of rotatable bonds is 4. The molecule has 0 fully saturated rings. The van der Waals surface area contributed by atoms with E-state index in [0.717, 1.165) is 18.6 Å². The number of halogens is 3. The van der Waals surface area contributed by atoms with Gasteiger partial charge in [-0.25, -0.2) is 0 Å². The Bertz CT molecular complexity index is 504. The molecule has 0 heterocycles. The lowest BCUT2D eigenvalue weighted by Gasteiger charge is -2.12. The highest BCUT2D eigenvalue weighted by atomic mass is 28.3. The van der Waals surface area contributed by atoms with Crippen LogP contribution in [0.2, 0.25) is 19.6 Å². The summed E-state index contributed by atoms with van der Waals surface area (Å²) in [5.74, 6) is 3.11. The molecule has 1 aromatic rings. The Hall–Kier alpha value is -1.25. The lowest BCUT2D eigenvalue weighted by molar-refractivity contribution is -0.137. The van der Waals surface area contributed by atoms with Crippen molar-refractivity contribution in [1.29, 1.82) is 0 Å². The quantitative estimate of drug-likeness (QED) is 0.481. The Morgan fingerprint density at radius 2 is 1.71 bits per heavy atom. The van der Waals surface area contributed by atoms with Crippen molar-refractivity contribution in [2.75, 3.05) is 0 Å². The van der Waals surface area contributed by atoms with Crippen molar-refractivity contribution in [1.82, 2.24) is 0 Å². The second-order valence-electron chi connectivity index (χ2n) is 6.08. The molecule has 1 nitrogen and oxygen atoms in total. The molecule has 0 aromatic heterocycles. The summed E-state index contributed by atoms with van der Waals surface area (Å²) in [6.07, 6.45) is -3.12. The third kappa shape index (κ3) is 6.83. The van der Waals surface area contributed by atoms with Crippen molar-refractivity contribution >= 4 is 8.07 Å². The van der Waals surface area contributed by atoms with Crippen LogP contribution in [0.15, 0.2) is 24.3 Å². The minimum Gasteiger partial charge on any atom is -0.388 e. The van der Waals surface area contributed by atoms with E-state index in [-0.39, 0.29) is 0 Å². The highest BCUT2D eigenvalue weighted by molar-refractivity contribution is 6.83. The number of hydrogen-bond acceptors (Lipinski definition) is 1. The minimum absolute atomic E-state index is 0.506. The monoisotopic (exact) mass is 314 g/mol. The number of unbranched alkanes of at least 4 members (excludes halogenated alkanes) is 1. The first-order valence-electron chi connectivity index (χ1n) is 6.95. The van der Waals surface area contributed by atoms with Crippen molar-refractivity contribution in [3.05, 3.63) is 35.4 Å². The first-order chi connectivity index (χ1) is 9.59. The van der Waals surface area contributed by atoms with Gasteiger partial charge >= 0.3 is 6.18 Å². The third-order valence-corrected chi connectivity index (χ3v) is 3.79. The van der Waals surface area contributed by atoms with Crippen molar-refractivity contribution in [2.24, 2.45) is 0 Å². The third-order valence-electron chi connectivity index (χ3n) is 2.87. The predicted octanol–water partition coefficient (Wildman–Crippen LogP) is 4.79. The summed E-state index contributed by atoms with van der Waals surface area (Å²) in [7, 11) is -1.35. The molecule has 1 atom stereocenters. The van der Waals surface area contributed by atoms with Gasteiger partial charge in [0.15, 0.2) is 0 Å². The summed E-state index contributed by atoms with van der Waals surface area (Å²) in [5, 5.41) is 9.95. The standard InChI is InChI=1S/C16H21F3OSi/c1-21(2,3)12-6-4-5-7-15(20)13-8-10-14(11-9-13)16(17,18)19/h8-11,15,20H,4-5,7H2,1-3H3. The van der Waals surface area contributed by atoms with Crippen LogP contribution in [0.5, 0.6) is 0 Å². The molecule has 1 unspecified atom stereocenters. The normalized spacial score (nSPS) is 13.5. The van der Waals surface area contributed by atoms with Crippen molar-refractivity contribution in [3.63, 3.8) is 0 Å². The van der Waals surface area contributed by atoms with Gasteiger partial charge in [-0.2, -0.15) is 13.2 Å². The van der Waals surface area contributed by atoms with Crippen LogP contribution in [-0.2, 0) is 6.18 Å². The number of aliphatic hydroxyl groups excluding tert-OH is 1. The van der Waals surface area contributed by atoms with E-state index in [9.17, 15) is 18.3 Å². The molecule has 0 bridgehead atoms. The Kier molecular flexibility index (Phi) is 6.06. The molecule has 0 aliphatic heterocycles. The Labute approximate surface area is 125 Å². The predicted molar refractivity (Wildman–Crippen MR) is 81.4 cm³/mol. The lowest BCUT2D eigenvalue weighted by Crippen LogP contribution is -2.16. The molecule has 0 aliphatic rings. The molecule has 1 rings (SSSR count). The van der Waals surface area contributed by atoms with Crippen LogP contribution in [-0.4, -0.2) is 13.2 Å². The van der Waals surface area contributed by atoms with Gasteiger partial charge in [-0.1, -0.05) is 31.8 Å². The number of alkyl halides is 3. The molecule has 0 spiro atoms. The Morgan fingerprint density at radius 3 is 2.19 bits per heavy atom. The van der Waals surface area contributed by atoms with Gasteiger partial charge in [-0.3, -0.25) is 0 Å². The largest absolute Gasteiger partial charge is 0.416 e. The van der Waals surface area contributed by atoms with Crippen LogP contribution in [0.25, 0.3) is 0 Å². The molecule has 0 radical (unpaired) electrons. The van der Waals surface area contributed by atoms with Gasteiger partial charge < -0.3 is 5.11 Å². The maximum atomic E-state index is 12.4. The van der Waals surface area contributed by atoms with Crippen LogP contribution in [0.3, 0.4) is 0 Å². The first-order valence-corrected chi connectivity index (χ1v) is 10.4. The highest BCUT2D eigenvalue weighted by Crippen LogP contribution is 2.30. The zero-order chi connectivity index (χ0) is 16.1. The number of benzene rings is 1. The molecule has 1 N–H and O–H groups in total. The fourth-order valence-corrected chi connectivity index (χ4v) is 2.43. The fraction of sp³-hybridized carbons (Fsp3) is 0.500. The van der Waals surface area contributed by atoms with Gasteiger partial charge in [-0.15, -0.1) is 11.5 Å². The highest BCUT2D eigenvalue weighted by Gasteiger charge is 2.30. The summed E-state index contributed by atoms with van der Waals surface area (Å²) in [5.41, 5.74) is 3.06. The number of aliphatic hydroxyl groups is 1. The Balaban J connectivity index is 2.49. The van der Waals surface area contributed by atoms with Crippen molar-refractivity contribution < 1.29 is 18.3 Å². The summed E-state index contributed by atoms with van der Waals surface area (Å²) in [6.45, 7) is 6.49. The van der Waals surface area contributed by atoms with Gasteiger partial charge in [0.05, 0.1) is 11.7 Å². The average molecular weight is 314 g/mol. The molecular formula is C16H21F3OSi. The van der Waals surface area contributed by atoms with Crippen LogP contribution < -0.4 is 0 Å². The zero-order valence-electron chi connectivity index (χ0n) is 12.6. The molecular weight excluding hydrogens is 293 g/mol. The summed E-state index contributed by atoms with van der Waals surface area (Å²) in [4.78, 5) is 0. The molecule has 0 saturated heterocycles. The molecule has 0 aliphatic carbocycles. The van der Waals surface area contributed by atoms with E-state index in [0.29, 0.717) is 18.4 Å². The fourth-order valence-electron chi connectivity index (χ4n) is 1.77. The average Bonchev–Trinajstić information content (AvgIpc) is 2.36. The van der Waals surface area contributed by atoms with Crippen molar-refractivity contribution in [3.8, 4) is 11.5 Å². The summed E-state index contributed by atoms with van der Waals surface area (Å²) in [6, 6.07) is 4.68. The van der Waals surface area contributed by atoms with Gasteiger partial charge in [-0.05, 0) is 30.5 Å². The molecule has 0 saturated carbocycles. The van der Waals surface area contributed by atoms with Gasteiger partial charge in [0, 0.05) is 6.42 Å². The number of hydrogen-bond donors (Lipinski definition) is 1. The van der Waals surface area contributed by atoms with Gasteiger partial charge in [0.1, 0.15) is 8.07 Å². The van der Waals surface area contributed by atoms with E-state index in [2.05, 4.69) is 31.1 Å². The van der Waals surface area contributed by atoms with E-state index in [1.165, 1.54) is 12.1 Å². The zero-order valence-corrected chi connectivity index (χ0v) is 13.6. The maximum absolute atomic E-state index is 12.4. The van der Waals surface area contributed by atoms with Gasteiger partial charge in [0.25, 0.3) is 0 Å². The summed E-state index contributed by atoms with van der Waals surface area (Å²) >= 11 is 0. The van der Waals surface area contributed by atoms with Crippen LogP contribution >= 0.6 is 0 Å². The molecule has 21 heavy (non-hydrogen) atoms.